The van der Waals surface area contributed by atoms with Gasteiger partial charge in [-0.15, -0.1) is 0 Å². The monoisotopic (exact) mass is 509 g/mol. The van der Waals surface area contributed by atoms with Crippen LogP contribution in [0.15, 0.2) is 35.3 Å². The van der Waals surface area contributed by atoms with E-state index in [1.54, 1.807) is 0 Å². The van der Waals surface area contributed by atoms with Crippen molar-refractivity contribution in [2.45, 2.75) is 51.4 Å². The number of anilines is 1. The first-order chi connectivity index (χ1) is 16.9. The van der Waals surface area contributed by atoms with Crippen molar-refractivity contribution in [1.29, 1.82) is 0 Å². The Kier molecular flexibility index (Phi) is 6.71. The molecule has 0 spiro atoms. The lowest BCUT2D eigenvalue weighted by atomic mass is 10.1. The number of ether oxygens (including phenoxy) is 3. The average molecular weight is 509 g/mol. The summed E-state index contributed by atoms with van der Waals surface area (Å²) in [6.45, 7) is 2.21. The third-order valence-corrected chi connectivity index (χ3v) is 5.54. The minimum absolute atomic E-state index is 0.0784. The van der Waals surface area contributed by atoms with E-state index in [1.165, 1.54) is 36.7 Å². The predicted molar refractivity (Wildman–Crippen MR) is 117 cm³/mol. The number of fused-ring (bicyclic) bond motifs is 1. The van der Waals surface area contributed by atoms with Gasteiger partial charge < -0.3 is 19.9 Å². The van der Waals surface area contributed by atoms with Crippen LogP contribution in [0, 0.1) is 0 Å². The second-order valence-corrected chi connectivity index (χ2v) is 8.21. The molecule has 14 heteroatoms. The molecule has 2 aromatic heterocycles. The highest BCUT2D eigenvalue weighted by Gasteiger charge is 2.42. The molecule has 2 N–H and O–H groups in total. The summed E-state index contributed by atoms with van der Waals surface area (Å²) < 4.78 is 57.5. The summed E-state index contributed by atoms with van der Waals surface area (Å²) in [5.74, 6) is -1.28. The lowest BCUT2D eigenvalue weighted by molar-refractivity contribution is -0.153. The number of nitrogen functional groups attached to an aromatic ring is 1. The first-order valence-electron chi connectivity index (χ1n) is 10.8. The predicted octanol–water partition coefficient (Wildman–Crippen LogP) is 2.02. The zero-order chi connectivity index (χ0) is 26.2. The molecule has 4 rings (SSSR count). The number of nitrogens with zero attached hydrogens (tertiary/aromatic N) is 4. The quantitative estimate of drug-likeness (QED) is 0.494. The van der Waals surface area contributed by atoms with Crippen molar-refractivity contribution in [1.82, 2.24) is 19.1 Å². The van der Waals surface area contributed by atoms with Gasteiger partial charge in [-0.05, 0) is 17.7 Å². The molecule has 0 amide bonds. The van der Waals surface area contributed by atoms with Crippen molar-refractivity contribution in [3.63, 3.8) is 0 Å². The van der Waals surface area contributed by atoms with E-state index < -0.39 is 47.8 Å². The van der Waals surface area contributed by atoms with Crippen LogP contribution in [0.4, 0.5) is 19.1 Å². The smallest absolute Gasteiger partial charge is 0.416 e. The first-order valence-corrected chi connectivity index (χ1v) is 10.8. The van der Waals surface area contributed by atoms with Gasteiger partial charge in [-0.2, -0.15) is 18.2 Å². The van der Waals surface area contributed by atoms with Crippen LogP contribution in [-0.4, -0.2) is 49.9 Å². The molecule has 11 nitrogen and oxygen atoms in total. The Labute approximate surface area is 201 Å². The zero-order valence-electron chi connectivity index (χ0n) is 19.2. The minimum atomic E-state index is -4.50. The number of imidazole rings is 1. The van der Waals surface area contributed by atoms with Crippen LogP contribution in [0.1, 0.15) is 37.6 Å². The first kappa shape index (κ1) is 25.2. The molecular weight excluding hydrogens is 487 g/mol. The van der Waals surface area contributed by atoms with E-state index in [2.05, 4.69) is 9.97 Å². The number of nitrogens with two attached hydrogens (primary N) is 1. The number of halogens is 3. The SMILES string of the molecule is CC(=O)OC[C@@H]1C[C@@H](OC(C)=O)[C@H](n2c(=O)n(Cc3ccc(C(F)(F)F)cc3)c3cnc(N)nc32)O1. The molecule has 3 aromatic rings. The Balaban J connectivity index is 1.75. The Morgan fingerprint density at radius 2 is 1.89 bits per heavy atom. The van der Waals surface area contributed by atoms with Gasteiger partial charge in [-0.25, -0.2) is 14.3 Å². The fraction of sp³-hybridized carbons (Fsp3) is 0.409. The van der Waals surface area contributed by atoms with Crippen molar-refractivity contribution >= 4 is 29.1 Å². The van der Waals surface area contributed by atoms with Crippen LogP contribution in [0.25, 0.3) is 11.2 Å². The van der Waals surface area contributed by atoms with Crippen molar-refractivity contribution in [3.8, 4) is 0 Å². The number of aromatic nitrogens is 4. The molecule has 1 aromatic carbocycles. The van der Waals surface area contributed by atoms with Gasteiger partial charge in [0.15, 0.2) is 11.9 Å². The van der Waals surface area contributed by atoms with Crippen molar-refractivity contribution in [3.05, 3.63) is 52.1 Å². The molecule has 1 fully saturated rings. The Morgan fingerprint density at radius 1 is 1.19 bits per heavy atom. The van der Waals surface area contributed by atoms with Gasteiger partial charge in [-0.1, -0.05) is 12.1 Å². The van der Waals surface area contributed by atoms with Gasteiger partial charge in [-0.3, -0.25) is 14.2 Å². The average Bonchev–Trinajstić information content (AvgIpc) is 3.29. The van der Waals surface area contributed by atoms with Gasteiger partial charge in [0.2, 0.25) is 5.95 Å². The molecule has 3 atom stereocenters. The molecule has 1 aliphatic rings. The number of rotatable bonds is 6. The fourth-order valence-corrected chi connectivity index (χ4v) is 4.02. The van der Waals surface area contributed by atoms with Crippen LogP contribution in [0.2, 0.25) is 0 Å². The van der Waals surface area contributed by atoms with Crippen LogP contribution < -0.4 is 11.4 Å². The molecule has 192 valence electrons. The van der Waals surface area contributed by atoms with Crippen molar-refractivity contribution in [2.75, 3.05) is 12.3 Å². The van der Waals surface area contributed by atoms with Gasteiger partial charge >= 0.3 is 23.8 Å². The summed E-state index contributed by atoms with van der Waals surface area (Å²) in [5, 5.41) is 0. The van der Waals surface area contributed by atoms with Crippen LogP contribution in [0.5, 0.6) is 0 Å². The summed E-state index contributed by atoms with van der Waals surface area (Å²) in [5.41, 5.74) is 5.02. The third-order valence-electron chi connectivity index (χ3n) is 5.54. The molecule has 1 aliphatic heterocycles. The number of carbonyl (C=O) groups is 2. The normalized spacial score (nSPS) is 20.0. The number of esters is 2. The van der Waals surface area contributed by atoms with E-state index in [0.29, 0.717) is 5.56 Å². The highest BCUT2D eigenvalue weighted by Crippen LogP contribution is 2.33. The Morgan fingerprint density at radius 3 is 2.50 bits per heavy atom. The van der Waals surface area contributed by atoms with E-state index >= 15 is 0 Å². The molecule has 0 radical (unpaired) electrons. The van der Waals surface area contributed by atoms with E-state index in [9.17, 15) is 27.6 Å². The molecule has 0 bridgehead atoms. The largest absolute Gasteiger partial charge is 0.463 e. The number of carbonyl (C=O) groups excluding carboxylic acids is 2. The second-order valence-electron chi connectivity index (χ2n) is 8.21. The molecule has 1 saturated heterocycles. The topological polar surface area (TPSA) is 141 Å². The zero-order valence-corrected chi connectivity index (χ0v) is 19.2. The van der Waals surface area contributed by atoms with Crippen molar-refractivity contribution in [2.24, 2.45) is 0 Å². The van der Waals surface area contributed by atoms with E-state index in [1.807, 2.05) is 0 Å². The minimum Gasteiger partial charge on any atom is -0.463 e. The van der Waals surface area contributed by atoms with E-state index in [4.69, 9.17) is 19.9 Å². The number of benzene rings is 1. The molecule has 3 heterocycles. The highest BCUT2D eigenvalue weighted by molar-refractivity contribution is 5.72. The summed E-state index contributed by atoms with van der Waals surface area (Å²) in [7, 11) is 0. The van der Waals surface area contributed by atoms with Gasteiger partial charge in [0.25, 0.3) is 0 Å². The standard InChI is InChI=1S/C22H22F3N5O6/c1-11(31)34-10-15-7-17(35-12(2)32)19(36-15)30-18-16(8-27-20(26)28-18)29(21(30)33)9-13-3-5-14(6-4-13)22(23,24)25/h3-6,8,15,17,19H,7,9-10H2,1-2H3,(H2,26,27,28)/t15-,17+,19+/m0/s1. The van der Waals surface area contributed by atoms with Gasteiger partial charge in [0.1, 0.15) is 18.2 Å². The van der Waals surface area contributed by atoms with E-state index in [-0.39, 0.29) is 36.7 Å². The summed E-state index contributed by atoms with van der Waals surface area (Å²) in [4.78, 5) is 44.6. The summed E-state index contributed by atoms with van der Waals surface area (Å²) in [6.07, 6.45) is -5.77. The third kappa shape index (κ3) is 5.17. The molecule has 36 heavy (non-hydrogen) atoms. The second kappa shape index (κ2) is 9.60. The lowest BCUT2D eigenvalue weighted by Gasteiger charge is -2.19. The number of hydrogen-bond acceptors (Lipinski definition) is 9. The molecule has 0 aliphatic carbocycles. The highest BCUT2D eigenvalue weighted by atomic mass is 19.4. The summed E-state index contributed by atoms with van der Waals surface area (Å²) >= 11 is 0. The Hall–Kier alpha value is -3.94. The maximum atomic E-state index is 13.6. The Bertz CT molecular complexity index is 1350. The molecular formula is C22H22F3N5O6. The van der Waals surface area contributed by atoms with Crippen molar-refractivity contribution < 1.29 is 37.0 Å². The fourth-order valence-electron chi connectivity index (χ4n) is 4.02. The molecule has 0 saturated carbocycles. The van der Waals surface area contributed by atoms with Crippen LogP contribution >= 0.6 is 0 Å². The maximum absolute atomic E-state index is 13.6. The molecule has 0 unspecified atom stereocenters. The number of hydrogen-bond donors (Lipinski definition) is 1. The number of alkyl halides is 3. The van der Waals surface area contributed by atoms with E-state index in [0.717, 1.165) is 16.7 Å². The lowest BCUT2D eigenvalue weighted by Crippen LogP contribution is -2.34. The summed E-state index contributed by atoms with van der Waals surface area (Å²) in [6, 6.07) is 4.37. The van der Waals surface area contributed by atoms with Crippen LogP contribution in [0.3, 0.4) is 0 Å². The van der Waals surface area contributed by atoms with Crippen LogP contribution in [-0.2, 0) is 36.5 Å². The van der Waals surface area contributed by atoms with Gasteiger partial charge in [0, 0.05) is 20.3 Å². The maximum Gasteiger partial charge on any atom is 0.416 e. The van der Waals surface area contributed by atoms with Gasteiger partial charge in [0.05, 0.1) is 24.4 Å².